The Bertz CT molecular complexity index is 633. The fourth-order valence-corrected chi connectivity index (χ4v) is 3.10. The molecule has 1 aliphatic rings. The summed E-state index contributed by atoms with van der Waals surface area (Å²) in [7, 11) is 0. The summed E-state index contributed by atoms with van der Waals surface area (Å²) >= 11 is 0. The normalized spacial score (nSPS) is 23.0. The molecule has 0 aromatic carbocycles. The second-order valence-electron chi connectivity index (χ2n) is 6.34. The smallest absolute Gasteiger partial charge is 0.325 e. The van der Waals surface area contributed by atoms with Gasteiger partial charge in [-0.3, -0.25) is 9.59 Å². The van der Waals surface area contributed by atoms with Crippen LogP contribution in [0.25, 0.3) is 5.57 Å². The average Bonchev–Trinajstić information content (AvgIpc) is 2.48. The molecule has 1 aromatic heterocycles. The first-order valence-corrected chi connectivity index (χ1v) is 7.92. The van der Waals surface area contributed by atoms with Crippen LogP contribution in [0, 0.1) is 17.8 Å². The van der Waals surface area contributed by atoms with E-state index in [2.05, 4.69) is 31.9 Å². The summed E-state index contributed by atoms with van der Waals surface area (Å²) in [5.41, 5.74) is 1.51. The number of rotatable bonds is 5. The molecule has 2 rings (SSSR count). The van der Waals surface area contributed by atoms with Crippen LogP contribution >= 0.6 is 0 Å². The SMILES string of the molecule is CC[C@H](C)C1CC(C)CC=C1c1ccc(=O)n(CC(=O)O)n1. The molecule has 5 nitrogen and oxygen atoms in total. The number of nitrogens with zero attached hydrogens (tertiary/aromatic N) is 2. The molecular formula is C17H24N2O3. The Balaban J connectivity index is 2.40. The molecule has 0 saturated heterocycles. The number of aliphatic carboxylic acids is 1. The summed E-state index contributed by atoms with van der Waals surface area (Å²) < 4.78 is 1.03. The van der Waals surface area contributed by atoms with Crippen LogP contribution < -0.4 is 5.56 Å². The van der Waals surface area contributed by atoms with Gasteiger partial charge in [0.05, 0.1) is 5.69 Å². The van der Waals surface area contributed by atoms with Crippen molar-refractivity contribution in [1.29, 1.82) is 0 Å². The van der Waals surface area contributed by atoms with Gasteiger partial charge in [-0.1, -0.05) is 33.3 Å². The molecule has 120 valence electrons. The van der Waals surface area contributed by atoms with Crippen LogP contribution in [0.5, 0.6) is 0 Å². The van der Waals surface area contributed by atoms with Gasteiger partial charge in [0, 0.05) is 6.07 Å². The van der Waals surface area contributed by atoms with Gasteiger partial charge in [-0.05, 0) is 42.2 Å². The van der Waals surface area contributed by atoms with Crippen molar-refractivity contribution in [3.63, 3.8) is 0 Å². The summed E-state index contributed by atoms with van der Waals surface area (Å²) in [6.07, 6.45) is 5.41. The van der Waals surface area contributed by atoms with E-state index in [0.717, 1.165) is 35.2 Å². The molecule has 0 aliphatic heterocycles. The Labute approximate surface area is 130 Å². The highest BCUT2D eigenvalue weighted by atomic mass is 16.4. The summed E-state index contributed by atoms with van der Waals surface area (Å²) in [5, 5.41) is 13.2. The van der Waals surface area contributed by atoms with E-state index in [0.29, 0.717) is 17.8 Å². The molecule has 3 atom stereocenters. The molecule has 1 N–H and O–H groups in total. The number of carbonyl (C=O) groups is 1. The van der Waals surface area contributed by atoms with Gasteiger partial charge in [0.2, 0.25) is 0 Å². The zero-order valence-electron chi connectivity index (χ0n) is 13.5. The lowest BCUT2D eigenvalue weighted by molar-refractivity contribution is -0.138. The van der Waals surface area contributed by atoms with Crippen LogP contribution in [0.2, 0.25) is 0 Å². The lowest BCUT2D eigenvalue weighted by Gasteiger charge is -2.32. The van der Waals surface area contributed by atoms with Crippen molar-refractivity contribution in [2.75, 3.05) is 0 Å². The number of carboxylic acids is 1. The highest BCUT2D eigenvalue weighted by Gasteiger charge is 2.28. The molecule has 0 radical (unpaired) electrons. The number of aromatic nitrogens is 2. The first-order chi connectivity index (χ1) is 10.4. The summed E-state index contributed by atoms with van der Waals surface area (Å²) in [4.78, 5) is 22.6. The van der Waals surface area contributed by atoms with Crippen LogP contribution in [0.3, 0.4) is 0 Å². The maximum Gasteiger partial charge on any atom is 0.325 e. The average molecular weight is 304 g/mol. The molecule has 0 saturated carbocycles. The van der Waals surface area contributed by atoms with Crippen LogP contribution in [0.15, 0.2) is 23.0 Å². The van der Waals surface area contributed by atoms with Crippen molar-refractivity contribution < 1.29 is 9.90 Å². The van der Waals surface area contributed by atoms with E-state index < -0.39 is 12.5 Å². The van der Waals surface area contributed by atoms with Gasteiger partial charge < -0.3 is 5.11 Å². The minimum atomic E-state index is -1.06. The predicted octanol–water partition coefficient (Wildman–Crippen LogP) is 2.80. The highest BCUT2D eigenvalue weighted by molar-refractivity contribution is 5.67. The second-order valence-corrected chi connectivity index (χ2v) is 6.34. The Morgan fingerprint density at radius 1 is 1.50 bits per heavy atom. The van der Waals surface area contributed by atoms with E-state index in [9.17, 15) is 9.59 Å². The lowest BCUT2D eigenvalue weighted by Crippen LogP contribution is -2.28. The van der Waals surface area contributed by atoms with Gasteiger partial charge in [-0.25, -0.2) is 4.68 Å². The van der Waals surface area contributed by atoms with E-state index in [1.54, 1.807) is 6.07 Å². The summed E-state index contributed by atoms with van der Waals surface area (Å²) in [6, 6.07) is 3.13. The minimum Gasteiger partial charge on any atom is -0.480 e. The van der Waals surface area contributed by atoms with Crippen molar-refractivity contribution >= 4 is 11.5 Å². The van der Waals surface area contributed by atoms with Crippen LogP contribution in [0.4, 0.5) is 0 Å². The number of carboxylic acid groups (broad SMARTS) is 1. The fourth-order valence-electron chi connectivity index (χ4n) is 3.10. The maximum absolute atomic E-state index is 11.7. The van der Waals surface area contributed by atoms with Crippen molar-refractivity contribution in [3.8, 4) is 0 Å². The number of hydrogen-bond acceptors (Lipinski definition) is 3. The Kier molecular flexibility index (Phi) is 5.16. The van der Waals surface area contributed by atoms with Crippen molar-refractivity contribution in [2.45, 2.75) is 46.6 Å². The predicted molar refractivity (Wildman–Crippen MR) is 85.5 cm³/mol. The molecule has 1 heterocycles. The number of hydrogen-bond donors (Lipinski definition) is 1. The minimum absolute atomic E-state index is 0.379. The largest absolute Gasteiger partial charge is 0.480 e. The Morgan fingerprint density at radius 2 is 2.23 bits per heavy atom. The van der Waals surface area contributed by atoms with Gasteiger partial charge in [0.1, 0.15) is 6.54 Å². The maximum atomic E-state index is 11.7. The van der Waals surface area contributed by atoms with Crippen molar-refractivity contribution in [2.24, 2.45) is 17.8 Å². The molecule has 0 fully saturated rings. The molecule has 0 spiro atoms. The van der Waals surface area contributed by atoms with E-state index in [-0.39, 0.29) is 5.56 Å². The Hall–Kier alpha value is -1.91. The lowest BCUT2D eigenvalue weighted by atomic mass is 9.73. The monoisotopic (exact) mass is 304 g/mol. The zero-order chi connectivity index (χ0) is 16.3. The summed E-state index contributed by atoms with van der Waals surface area (Å²) in [6.45, 7) is 6.27. The molecule has 2 unspecified atom stereocenters. The van der Waals surface area contributed by atoms with E-state index in [1.807, 2.05) is 0 Å². The van der Waals surface area contributed by atoms with Crippen LogP contribution in [-0.4, -0.2) is 20.9 Å². The van der Waals surface area contributed by atoms with Gasteiger partial charge >= 0.3 is 5.97 Å². The van der Waals surface area contributed by atoms with E-state index in [4.69, 9.17) is 5.11 Å². The molecule has 22 heavy (non-hydrogen) atoms. The molecular weight excluding hydrogens is 280 g/mol. The molecule has 0 bridgehead atoms. The Morgan fingerprint density at radius 3 is 2.86 bits per heavy atom. The van der Waals surface area contributed by atoms with E-state index >= 15 is 0 Å². The van der Waals surface area contributed by atoms with Gasteiger partial charge in [0.15, 0.2) is 0 Å². The second kappa shape index (κ2) is 6.90. The van der Waals surface area contributed by atoms with Crippen LogP contribution in [0.1, 0.15) is 45.7 Å². The highest BCUT2D eigenvalue weighted by Crippen LogP contribution is 2.39. The van der Waals surface area contributed by atoms with Crippen LogP contribution in [-0.2, 0) is 11.3 Å². The zero-order valence-corrected chi connectivity index (χ0v) is 13.5. The quantitative estimate of drug-likeness (QED) is 0.908. The topological polar surface area (TPSA) is 72.2 Å². The first-order valence-electron chi connectivity index (χ1n) is 7.92. The third-order valence-electron chi connectivity index (χ3n) is 4.57. The van der Waals surface area contributed by atoms with Gasteiger partial charge in [0.25, 0.3) is 5.56 Å². The molecule has 1 aliphatic carbocycles. The van der Waals surface area contributed by atoms with Gasteiger partial charge in [-0.2, -0.15) is 5.10 Å². The standard InChI is InChI=1S/C17H24N2O3/c1-4-12(3)14-9-11(2)5-6-13(14)15-7-8-16(20)19(18-15)10-17(21)22/h6-8,11-12,14H,4-5,9-10H2,1-3H3,(H,21,22)/t11?,12-,14?/m0/s1. The molecule has 5 heteroatoms. The molecule has 1 aromatic rings. The van der Waals surface area contributed by atoms with Crippen molar-refractivity contribution in [3.05, 3.63) is 34.3 Å². The number of allylic oxidation sites excluding steroid dienone is 2. The van der Waals surface area contributed by atoms with E-state index in [1.165, 1.54) is 6.07 Å². The first kappa shape index (κ1) is 16.5. The summed E-state index contributed by atoms with van der Waals surface area (Å²) in [5.74, 6) is 0.539. The van der Waals surface area contributed by atoms with Crippen molar-refractivity contribution in [1.82, 2.24) is 9.78 Å². The third kappa shape index (κ3) is 3.64. The third-order valence-corrected chi connectivity index (χ3v) is 4.57. The fraction of sp³-hybridized carbons (Fsp3) is 0.588. The van der Waals surface area contributed by atoms with Gasteiger partial charge in [-0.15, -0.1) is 0 Å². The molecule has 0 amide bonds.